The van der Waals surface area contributed by atoms with E-state index in [1.807, 2.05) is 54.6 Å². The molecule has 0 saturated carbocycles. The van der Waals surface area contributed by atoms with E-state index in [4.69, 9.17) is 4.74 Å². The molecular weight excluding hydrogens is 420 g/mol. The first-order valence-electron chi connectivity index (χ1n) is 11.3. The molecule has 2 unspecified atom stereocenters. The second-order valence-electron chi connectivity index (χ2n) is 9.40. The molecule has 1 fully saturated rings. The quantitative estimate of drug-likeness (QED) is 0.655. The van der Waals surface area contributed by atoms with Gasteiger partial charge in [-0.2, -0.15) is 0 Å². The molecule has 1 saturated heterocycles. The number of hydrogen-bond donors (Lipinski definition) is 2. The summed E-state index contributed by atoms with van der Waals surface area (Å²) in [5, 5.41) is 12.2. The lowest BCUT2D eigenvalue weighted by atomic mass is 9.99. The molecule has 0 aromatic heterocycles. The van der Waals surface area contributed by atoms with E-state index in [2.05, 4.69) is 5.32 Å². The molecule has 0 radical (unpaired) electrons. The van der Waals surface area contributed by atoms with Crippen molar-refractivity contribution in [2.24, 2.45) is 0 Å². The minimum absolute atomic E-state index is 0.00343. The number of nitrogens with zero attached hydrogens (tertiary/aromatic N) is 1. The molecule has 0 spiro atoms. The molecule has 2 N–H and O–H groups in total. The Morgan fingerprint density at radius 1 is 1.06 bits per heavy atom. The van der Waals surface area contributed by atoms with Crippen LogP contribution in [0.3, 0.4) is 0 Å². The maximum absolute atomic E-state index is 12.9. The Morgan fingerprint density at radius 3 is 2.30 bits per heavy atom. The molecule has 1 aliphatic heterocycles. The van der Waals surface area contributed by atoms with E-state index in [1.54, 1.807) is 20.8 Å². The van der Waals surface area contributed by atoms with Gasteiger partial charge in [-0.25, -0.2) is 9.59 Å². The molecule has 1 aliphatic rings. The number of rotatable bonds is 7. The average Bonchev–Trinajstić information content (AvgIpc) is 3.24. The number of hydrogen-bond acceptors (Lipinski definition) is 4. The van der Waals surface area contributed by atoms with Crippen LogP contribution >= 0.6 is 0 Å². The predicted octanol–water partition coefficient (Wildman–Crippen LogP) is 4.26. The van der Waals surface area contributed by atoms with Gasteiger partial charge >= 0.3 is 12.1 Å². The Kier molecular flexibility index (Phi) is 7.74. The van der Waals surface area contributed by atoms with E-state index in [0.717, 1.165) is 16.7 Å². The summed E-state index contributed by atoms with van der Waals surface area (Å²) in [7, 11) is 0. The van der Waals surface area contributed by atoms with Crippen LogP contribution in [0.5, 0.6) is 0 Å². The Balaban J connectivity index is 1.73. The summed E-state index contributed by atoms with van der Waals surface area (Å²) in [5.41, 5.74) is 2.48. The van der Waals surface area contributed by atoms with Gasteiger partial charge in [0.1, 0.15) is 11.6 Å². The smallest absolute Gasteiger partial charge is 0.407 e. The molecule has 2 amide bonds. The molecule has 7 heteroatoms. The Hall–Kier alpha value is -3.35. The number of ether oxygens (including phenoxy) is 1. The van der Waals surface area contributed by atoms with Crippen LogP contribution in [-0.4, -0.2) is 52.2 Å². The van der Waals surface area contributed by atoms with Gasteiger partial charge in [-0.15, -0.1) is 0 Å². The first-order valence-corrected chi connectivity index (χ1v) is 11.3. The van der Waals surface area contributed by atoms with Crippen molar-refractivity contribution in [2.45, 2.75) is 64.1 Å². The van der Waals surface area contributed by atoms with E-state index < -0.39 is 29.7 Å². The fourth-order valence-corrected chi connectivity index (χ4v) is 4.05. The van der Waals surface area contributed by atoms with E-state index in [1.165, 1.54) is 4.90 Å². The van der Waals surface area contributed by atoms with Gasteiger partial charge in [-0.3, -0.25) is 4.79 Å². The number of benzene rings is 2. The lowest BCUT2D eigenvalue weighted by molar-refractivity contribution is -0.148. The lowest BCUT2D eigenvalue weighted by Gasteiger charge is -2.26. The third-order valence-electron chi connectivity index (χ3n) is 5.54. The highest BCUT2D eigenvalue weighted by Crippen LogP contribution is 2.22. The van der Waals surface area contributed by atoms with E-state index in [9.17, 15) is 19.5 Å². The molecule has 2 aromatic carbocycles. The molecule has 1 heterocycles. The zero-order valence-electron chi connectivity index (χ0n) is 19.4. The van der Waals surface area contributed by atoms with E-state index in [-0.39, 0.29) is 12.3 Å². The van der Waals surface area contributed by atoms with Crippen LogP contribution in [0.4, 0.5) is 4.79 Å². The minimum atomic E-state index is -0.992. The third kappa shape index (κ3) is 7.07. The van der Waals surface area contributed by atoms with E-state index in [0.29, 0.717) is 25.8 Å². The summed E-state index contributed by atoms with van der Waals surface area (Å²) in [6, 6.07) is 16.7. The molecule has 7 nitrogen and oxygen atoms in total. The van der Waals surface area contributed by atoms with Crippen LogP contribution in [-0.2, 0) is 20.7 Å². The summed E-state index contributed by atoms with van der Waals surface area (Å²) in [6.07, 6.45) is 0.937. The number of carbonyl (C=O) groups is 3. The standard InChI is InChI=1S/C26H32N2O5/c1-26(2,3)33-25(32)27-21(17-23(29)28-15-7-10-22(28)24(30)31)16-18-11-13-20(14-12-18)19-8-5-4-6-9-19/h4-6,8-9,11-14,21-22H,7,10,15-17H2,1-3H3,(H,27,32)(H,30,31). The highest BCUT2D eigenvalue weighted by Gasteiger charge is 2.35. The van der Waals surface area contributed by atoms with Gasteiger partial charge in [-0.1, -0.05) is 54.6 Å². The largest absolute Gasteiger partial charge is 0.480 e. The number of amides is 2. The van der Waals surface area contributed by atoms with Crippen LogP contribution < -0.4 is 5.32 Å². The molecule has 33 heavy (non-hydrogen) atoms. The van der Waals surface area contributed by atoms with Crippen molar-refractivity contribution < 1.29 is 24.2 Å². The van der Waals surface area contributed by atoms with Crippen LogP contribution in [0.1, 0.15) is 45.6 Å². The van der Waals surface area contributed by atoms with Crippen molar-refractivity contribution in [2.75, 3.05) is 6.54 Å². The normalized spacial score (nSPS) is 16.8. The average molecular weight is 453 g/mol. The van der Waals surface area contributed by atoms with Gasteiger partial charge in [-0.05, 0) is 56.7 Å². The first-order chi connectivity index (χ1) is 15.6. The topological polar surface area (TPSA) is 95.9 Å². The van der Waals surface area contributed by atoms with Crippen LogP contribution in [0.15, 0.2) is 54.6 Å². The van der Waals surface area contributed by atoms with Gasteiger partial charge in [0.05, 0.1) is 0 Å². The molecule has 0 bridgehead atoms. The summed E-state index contributed by atoms with van der Waals surface area (Å²) >= 11 is 0. The minimum Gasteiger partial charge on any atom is -0.480 e. The Morgan fingerprint density at radius 2 is 1.70 bits per heavy atom. The highest BCUT2D eigenvalue weighted by molar-refractivity contribution is 5.85. The Bertz CT molecular complexity index is 966. The number of carboxylic acids is 1. The monoisotopic (exact) mass is 452 g/mol. The maximum Gasteiger partial charge on any atom is 0.407 e. The molecule has 176 valence electrons. The van der Waals surface area contributed by atoms with Gasteiger partial charge < -0.3 is 20.1 Å². The maximum atomic E-state index is 12.9. The Labute approximate surface area is 194 Å². The van der Waals surface area contributed by atoms with Crippen LogP contribution in [0.2, 0.25) is 0 Å². The van der Waals surface area contributed by atoms with Crippen LogP contribution in [0, 0.1) is 0 Å². The third-order valence-corrected chi connectivity index (χ3v) is 5.54. The van der Waals surface area contributed by atoms with Crippen molar-refractivity contribution >= 4 is 18.0 Å². The molecule has 0 aliphatic carbocycles. The van der Waals surface area contributed by atoms with Crippen molar-refractivity contribution in [1.82, 2.24) is 10.2 Å². The highest BCUT2D eigenvalue weighted by atomic mass is 16.6. The van der Waals surface area contributed by atoms with Gasteiger partial charge in [0.15, 0.2) is 0 Å². The first kappa shape index (κ1) is 24.3. The van der Waals surface area contributed by atoms with Crippen molar-refractivity contribution in [3.63, 3.8) is 0 Å². The van der Waals surface area contributed by atoms with Crippen molar-refractivity contribution in [3.05, 3.63) is 60.2 Å². The fourth-order valence-electron chi connectivity index (χ4n) is 4.05. The SMILES string of the molecule is CC(C)(C)OC(=O)NC(CC(=O)N1CCCC1C(=O)O)Cc1ccc(-c2ccccc2)cc1. The van der Waals surface area contributed by atoms with Crippen LogP contribution in [0.25, 0.3) is 11.1 Å². The zero-order chi connectivity index (χ0) is 24.0. The fraction of sp³-hybridized carbons (Fsp3) is 0.423. The lowest BCUT2D eigenvalue weighted by Crippen LogP contribution is -2.46. The van der Waals surface area contributed by atoms with Gasteiger partial charge in [0, 0.05) is 19.0 Å². The number of aliphatic carboxylic acids is 1. The van der Waals surface area contributed by atoms with Crippen molar-refractivity contribution in [3.8, 4) is 11.1 Å². The number of carboxylic acid groups (broad SMARTS) is 1. The molecular formula is C26H32N2O5. The molecule has 2 aromatic rings. The zero-order valence-corrected chi connectivity index (χ0v) is 19.4. The number of likely N-dealkylation sites (tertiary alicyclic amines) is 1. The van der Waals surface area contributed by atoms with Gasteiger partial charge in [0.2, 0.25) is 5.91 Å². The molecule has 2 atom stereocenters. The molecule has 3 rings (SSSR count). The number of nitrogens with one attached hydrogen (secondary N) is 1. The second kappa shape index (κ2) is 10.5. The predicted molar refractivity (Wildman–Crippen MR) is 126 cm³/mol. The van der Waals surface area contributed by atoms with Gasteiger partial charge in [0.25, 0.3) is 0 Å². The van der Waals surface area contributed by atoms with E-state index >= 15 is 0 Å². The van der Waals surface area contributed by atoms with Crippen molar-refractivity contribution in [1.29, 1.82) is 0 Å². The summed E-state index contributed by atoms with van der Waals surface area (Å²) in [6.45, 7) is 5.74. The number of carbonyl (C=O) groups excluding carboxylic acids is 2. The summed E-state index contributed by atoms with van der Waals surface area (Å²) < 4.78 is 5.38. The summed E-state index contributed by atoms with van der Waals surface area (Å²) in [5.74, 6) is -1.27. The second-order valence-corrected chi connectivity index (χ2v) is 9.40. The number of alkyl carbamates (subject to hydrolysis) is 1. The summed E-state index contributed by atoms with van der Waals surface area (Å²) in [4.78, 5) is 38.3.